The molecule has 0 nitrogen and oxygen atoms in total. The maximum absolute atomic E-state index is 14.9. The first-order valence-corrected chi connectivity index (χ1v) is 7.80. The number of hydrogen-bond acceptors (Lipinski definition) is 0. The third-order valence-electron chi connectivity index (χ3n) is 4.86. The second kappa shape index (κ2) is 5.33. The Kier molecular flexibility index (Phi) is 3.37. The Morgan fingerprint density at radius 3 is 2.25 bits per heavy atom. The molecule has 0 saturated carbocycles. The minimum absolute atomic E-state index is 0.123. The fourth-order valence-electron chi connectivity index (χ4n) is 3.63. The Morgan fingerprint density at radius 2 is 1.54 bits per heavy atom. The van der Waals surface area contributed by atoms with Crippen molar-refractivity contribution in [3.8, 4) is 0 Å². The Labute approximate surface area is 137 Å². The molecule has 2 aromatic rings. The number of allylic oxidation sites excluding steroid dienone is 3. The normalized spacial score (nSPS) is 19.6. The van der Waals surface area contributed by atoms with Crippen LogP contribution in [0.25, 0.3) is 11.4 Å². The van der Waals surface area contributed by atoms with Crippen LogP contribution in [0.1, 0.15) is 28.7 Å². The molecule has 0 amide bonds. The highest BCUT2D eigenvalue weighted by Gasteiger charge is 2.39. The summed E-state index contributed by atoms with van der Waals surface area (Å²) in [7, 11) is 0. The highest BCUT2D eigenvalue weighted by molar-refractivity contribution is 5.83. The summed E-state index contributed by atoms with van der Waals surface area (Å²) < 4.78 is 57.1. The lowest BCUT2D eigenvalue weighted by atomic mass is 9.83. The van der Waals surface area contributed by atoms with E-state index in [9.17, 15) is 17.6 Å². The number of halogens is 4. The van der Waals surface area contributed by atoms with Crippen LogP contribution < -0.4 is 0 Å². The molecule has 0 bridgehead atoms. The van der Waals surface area contributed by atoms with Gasteiger partial charge in [-0.15, -0.1) is 0 Å². The molecule has 0 aliphatic heterocycles. The molecule has 24 heavy (non-hydrogen) atoms. The van der Waals surface area contributed by atoms with Crippen LogP contribution in [0.4, 0.5) is 17.6 Å². The molecule has 0 spiro atoms. The number of fused-ring (bicyclic) bond motifs is 2. The van der Waals surface area contributed by atoms with Gasteiger partial charge in [0.15, 0.2) is 11.6 Å². The zero-order chi connectivity index (χ0) is 17.0. The Balaban J connectivity index is 1.87. The standard InChI is InChI=1S/C20H14F4/c1-10-2-4-11(5-3-10)14-9-13-8-12-6-7-15(21)19(23)16(12)20(24)17(13)18(14)22/h2-7,13H,8-9H2,1H3. The zero-order valence-electron chi connectivity index (χ0n) is 13.0. The summed E-state index contributed by atoms with van der Waals surface area (Å²) in [4.78, 5) is 0. The molecule has 1 unspecified atom stereocenters. The third kappa shape index (κ3) is 2.13. The predicted molar refractivity (Wildman–Crippen MR) is 85.4 cm³/mol. The monoisotopic (exact) mass is 330 g/mol. The average Bonchev–Trinajstić information content (AvgIpc) is 2.89. The fraction of sp³-hybridized carbons (Fsp3) is 0.200. The van der Waals surface area contributed by atoms with Gasteiger partial charge in [-0.1, -0.05) is 35.9 Å². The summed E-state index contributed by atoms with van der Waals surface area (Å²) in [6, 6.07) is 9.71. The molecule has 2 aromatic carbocycles. The van der Waals surface area contributed by atoms with Gasteiger partial charge in [-0.25, -0.2) is 17.6 Å². The summed E-state index contributed by atoms with van der Waals surface area (Å²) in [6.07, 6.45) is 0.661. The molecule has 0 aromatic heterocycles. The summed E-state index contributed by atoms with van der Waals surface area (Å²) in [5, 5.41) is 0. The van der Waals surface area contributed by atoms with Crippen LogP contribution in [-0.2, 0) is 6.42 Å². The van der Waals surface area contributed by atoms with E-state index in [0.29, 0.717) is 29.5 Å². The van der Waals surface area contributed by atoms with Crippen LogP contribution in [0, 0.1) is 24.5 Å². The molecule has 4 rings (SSSR count). The van der Waals surface area contributed by atoms with E-state index in [-0.39, 0.29) is 11.5 Å². The topological polar surface area (TPSA) is 0 Å². The van der Waals surface area contributed by atoms with Gasteiger partial charge in [0.05, 0.1) is 5.56 Å². The van der Waals surface area contributed by atoms with Gasteiger partial charge >= 0.3 is 0 Å². The SMILES string of the molecule is Cc1ccc(C2=C(F)C3=C(F)c4c(ccc(F)c4F)CC3C2)cc1. The van der Waals surface area contributed by atoms with Crippen LogP contribution in [0.15, 0.2) is 47.8 Å². The van der Waals surface area contributed by atoms with Crippen molar-refractivity contribution in [3.63, 3.8) is 0 Å². The van der Waals surface area contributed by atoms with Crippen molar-refractivity contribution in [2.24, 2.45) is 5.92 Å². The van der Waals surface area contributed by atoms with E-state index in [4.69, 9.17) is 0 Å². The molecular formula is C20H14F4. The third-order valence-corrected chi connectivity index (χ3v) is 4.86. The summed E-state index contributed by atoms with van der Waals surface area (Å²) in [5.74, 6) is -4.36. The summed E-state index contributed by atoms with van der Waals surface area (Å²) in [6.45, 7) is 1.93. The molecule has 122 valence electrons. The maximum Gasteiger partial charge on any atom is 0.169 e. The largest absolute Gasteiger partial charge is 0.206 e. The summed E-state index contributed by atoms with van der Waals surface area (Å²) in [5.41, 5.74) is 2.01. The molecular weight excluding hydrogens is 316 g/mol. The number of aryl methyl sites for hydroxylation is 1. The molecule has 0 radical (unpaired) electrons. The fourth-order valence-corrected chi connectivity index (χ4v) is 3.63. The quantitative estimate of drug-likeness (QED) is 0.570. The molecule has 2 aliphatic carbocycles. The Hall–Kier alpha value is -2.36. The van der Waals surface area contributed by atoms with Crippen LogP contribution >= 0.6 is 0 Å². The number of benzene rings is 2. The molecule has 0 saturated heterocycles. The van der Waals surface area contributed by atoms with E-state index >= 15 is 0 Å². The second-order valence-corrected chi connectivity index (χ2v) is 6.39. The summed E-state index contributed by atoms with van der Waals surface area (Å²) >= 11 is 0. The van der Waals surface area contributed by atoms with Crippen LogP contribution in [0.5, 0.6) is 0 Å². The number of rotatable bonds is 1. The first kappa shape index (κ1) is 15.2. The van der Waals surface area contributed by atoms with E-state index < -0.39 is 28.9 Å². The van der Waals surface area contributed by atoms with Crippen molar-refractivity contribution in [3.05, 3.63) is 81.7 Å². The van der Waals surface area contributed by atoms with Gasteiger partial charge in [0.2, 0.25) is 0 Å². The van der Waals surface area contributed by atoms with E-state index in [2.05, 4.69) is 0 Å². The van der Waals surface area contributed by atoms with Gasteiger partial charge in [0.25, 0.3) is 0 Å². The van der Waals surface area contributed by atoms with Gasteiger partial charge in [0.1, 0.15) is 11.7 Å². The lowest BCUT2D eigenvalue weighted by Crippen LogP contribution is -2.14. The van der Waals surface area contributed by atoms with Crippen LogP contribution in [-0.4, -0.2) is 0 Å². The zero-order valence-corrected chi connectivity index (χ0v) is 13.0. The highest BCUT2D eigenvalue weighted by atomic mass is 19.2. The highest BCUT2D eigenvalue weighted by Crippen LogP contribution is 2.51. The van der Waals surface area contributed by atoms with E-state index in [1.807, 2.05) is 19.1 Å². The minimum atomic E-state index is -1.24. The van der Waals surface area contributed by atoms with E-state index in [1.165, 1.54) is 6.07 Å². The van der Waals surface area contributed by atoms with Gasteiger partial charge in [-0.05, 0) is 48.4 Å². The molecule has 4 heteroatoms. The van der Waals surface area contributed by atoms with Gasteiger partial charge < -0.3 is 0 Å². The average molecular weight is 330 g/mol. The van der Waals surface area contributed by atoms with Crippen molar-refractivity contribution in [1.29, 1.82) is 0 Å². The van der Waals surface area contributed by atoms with Crippen molar-refractivity contribution < 1.29 is 17.6 Å². The van der Waals surface area contributed by atoms with Crippen molar-refractivity contribution in [2.45, 2.75) is 19.8 Å². The van der Waals surface area contributed by atoms with Crippen molar-refractivity contribution in [1.82, 2.24) is 0 Å². The smallest absolute Gasteiger partial charge is 0.169 e. The van der Waals surface area contributed by atoms with Gasteiger partial charge in [0, 0.05) is 5.57 Å². The second-order valence-electron chi connectivity index (χ2n) is 6.39. The van der Waals surface area contributed by atoms with Gasteiger partial charge in [-0.2, -0.15) is 0 Å². The maximum atomic E-state index is 14.9. The number of hydrogen-bond donors (Lipinski definition) is 0. The Bertz CT molecular complexity index is 904. The lowest BCUT2D eigenvalue weighted by Gasteiger charge is -2.22. The molecule has 0 heterocycles. The first-order valence-electron chi connectivity index (χ1n) is 7.80. The van der Waals surface area contributed by atoms with Gasteiger partial charge in [-0.3, -0.25) is 0 Å². The van der Waals surface area contributed by atoms with E-state index in [0.717, 1.165) is 11.6 Å². The minimum Gasteiger partial charge on any atom is -0.206 e. The van der Waals surface area contributed by atoms with Crippen molar-refractivity contribution >= 4 is 11.4 Å². The van der Waals surface area contributed by atoms with Crippen LogP contribution in [0.2, 0.25) is 0 Å². The van der Waals surface area contributed by atoms with Crippen molar-refractivity contribution in [2.75, 3.05) is 0 Å². The molecule has 0 fully saturated rings. The lowest BCUT2D eigenvalue weighted by molar-refractivity contribution is 0.492. The van der Waals surface area contributed by atoms with Crippen LogP contribution in [0.3, 0.4) is 0 Å². The first-order chi connectivity index (χ1) is 11.5. The Morgan fingerprint density at radius 1 is 0.833 bits per heavy atom. The molecule has 2 aliphatic rings. The molecule has 0 N–H and O–H groups in total. The molecule has 1 atom stereocenters. The predicted octanol–water partition coefficient (Wildman–Crippen LogP) is 5.91. The van der Waals surface area contributed by atoms with E-state index in [1.54, 1.807) is 12.1 Å².